The van der Waals surface area contributed by atoms with Crippen LogP contribution >= 0.6 is 0 Å². The van der Waals surface area contributed by atoms with Gasteiger partial charge in [0.15, 0.2) is 0 Å². The second-order valence-electron chi connectivity index (χ2n) is 11.6. The second kappa shape index (κ2) is 11.4. The summed E-state index contributed by atoms with van der Waals surface area (Å²) in [6.07, 6.45) is 4.11. The Morgan fingerprint density at radius 1 is 0.842 bits per heavy atom. The highest BCUT2D eigenvalue weighted by molar-refractivity contribution is 5.91. The fraction of sp³-hybridized carbons (Fsp3) is 0.441. The number of carbonyl (C=O) groups excluding carboxylic acids is 1. The Balaban J connectivity index is 1.57. The predicted molar refractivity (Wildman–Crippen MR) is 157 cm³/mol. The zero-order valence-electron chi connectivity index (χ0n) is 23.4. The van der Waals surface area contributed by atoms with Crippen LogP contribution in [0, 0.1) is 0 Å². The molecule has 1 amide bonds. The molecule has 200 valence electrons. The second-order valence-corrected chi connectivity index (χ2v) is 11.6. The molecule has 0 aromatic heterocycles. The zero-order chi connectivity index (χ0) is 26.7. The van der Waals surface area contributed by atoms with E-state index >= 15 is 0 Å². The number of piperidine rings is 1. The first-order valence-corrected chi connectivity index (χ1v) is 14.4. The summed E-state index contributed by atoms with van der Waals surface area (Å²) < 4.78 is 0. The molecule has 3 atom stereocenters. The third kappa shape index (κ3) is 5.04. The minimum atomic E-state index is -0.594. The van der Waals surface area contributed by atoms with Crippen molar-refractivity contribution in [2.45, 2.75) is 83.1 Å². The molecule has 0 spiro atoms. The van der Waals surface area contributed by atoms with E-state index in [4.69, 9.17) is 0 Å². The minimum Gasteiger partial charge on any atom is -0.336 e. The first-order chi connectivity index (χ1) is 18.4. The molecule has 4 heteroatoms. The molecule has 4 nitrogen and oxygen atoms in total. The molecule has 1 N–H and O–H groups in total. The van der Waals surface area contributed by atoms with Gasteiger partial charge < -0.3 is 5.32 Å². The first-order valence-electron chi connectivity index (χ1n) is 14.4. The van der Waals surface area contributed by atoms with Crippen LogP contribution in [0.5, 0.6) is 0 Å². The molecule has 38 heavy (non-hydrogen) atoms. The average Bonchev–Trinajstić information content (AvgIpc) is 2.95. The summed E-state index contributed by atoms with van der Waals surface area (Å²) >= 11 is 0. The quantitative estimate of drug-likeness (QED) is 0.363. The van der Waals surface area contributed by atoms with E-state index in [0.29, 0.717) is 12.1 Å². The van der Waals surface area contributed by atoms with Crippen LogP contribution < -0.4 is 5.32 Å². The largest absolute Gasteiger partial charge is 0.336 e. The third-order valence-corrected chi connectivity index (χ3v) is 8.83. The fourth-order valence-corrected chi connectivity index (χ4v) is 6.95. The molecule has 0 aliphatic carbocycles. The van der Waals surface area contributed by atoms with Crippen molar-refractivity contribution in [1.82, 2.24) is 15.1 Å². The van der Waals surface area contributed by atoms with Crippen molar-refractivity contribution < 1.29 is 4.79 Å². The summed E-state index contributed by atoms with van der Waals surface area (Å²) in [5, 5.41) is 3.52. The molecular formula is C34H43N3O. The Morgan fingerprint density at radius 2 is 1.45 bits per heavy atom. The first kappa shape index (κ1) is 26.6. The Labute approximate surface area is 229 Å². The highest BCUT2D eigenvalue weighted by Crippen LogP contribution is 2.46. The van der Waals surface area contributed by atoms with Gasteiger partial charge in [-0.1, -0.05) is 91.3 Å². The number of benzene rings is 3. The summed E-state index contributed by atoms with van der Waals surface area (Å²) in [5.41, 5.74) is 4.12. The Morgan fingerprint density at radius 3 is 2.08 bits per heavy atom. The van der Waals surface area contributed by atoms with Gasteiger partial charge in [-0.25, -0.2) is 0 Å². The number of carbonyl (C=O) groups is 1. The van der Waals surface area contributed by atoms with Gasteiger partial charge in [0.1, 0.15) is 6.17 Å². The van der Waals surface area contributed by atoms with Crippen LogP contribution in [0.1, 0.15) is 70.7 Å². The third-order valence-electron chi connectivity index (χ3n) is 8.83. The van der Waals surface area contributed by atoms with E-state index in [1.165, 1.54) is 23.1 Å². The molecule has 3 aromatic carbocycles. The van der Waals surface area contributed by atoms with Crippen molar-refractivity contribution in [3.05, 3.63) is 96.1 Å². The maximum atomic E-state index is 14.5. The van der Waals surface area contributed by atoms with Crippen molar-refractivity contribution in [3.63, 3.8) is 0 Å². The predicted octanol–water partition coefficient (Wildman–Crippen LogP) is 6.78. The van der Waals surface area contributed by atoms with Crippen LogP contribution in [0.3, 0.4) is 0 Å². The zero-order valence-corrected chi connectivity index (χ0v) is 23.4. The minimum absolute atomic E-state index is 0.0722. The summed E-state index contributed by atoms with van der Waals surface area (Å²) in [4.78, 5) is 19.6. The Hall–Kier alpha value is -2.95. The lowest BCUT2D eigenvalue weighted by molar-refractivity contribution is -0.143. The SMILES string of the molecule is CC(C)N(CCC1(c2ccc(-c3ccccc3)cc2)C(=O)NC(c2ccccc2)N2CCCCC21)C(C)C. The van der Waals surface area contributed by atoms with E-state index in [-0.39, 0.29) is 18.1 Å². The van der Waals surface area contributed by atoms with E-state index in [9.17, 15) is 4.79 Å². The maximum Gasteiger partial charge on any atom is 0.233 e. The number of rotatable bonds is 8. The van der Waals surface area contributed by atoms with E-state index < -0.39 is 5.41 Å². The van der Waals surface area contributed by atoms with Gasteiger partial charge in [-0.15, -0.1) is 0 Å². The molecule has 2 aliphatic heterocycles. The fourth-order valence-electron chi connectivity index (χ4n) is 6.95. The molecule has 5 rings (SSSR count). The van der Waals surface area contributed by atoms with Gasteiger partial charge in [-0.05, 0) is 69.2 Å². The topological polar surface area (TPSA) is 35.6 Å². The van der Waals surface area contributed by atoms with Gasteiger partial charge in [0.25, 0.3) is 0 Å². The smallest absolute Gasteiger partial charge is 0.233 e. The van der Waals surface area contributed by atoms with Gasteiger partial charge in [-0.3, -0.25) is 14.6 Å². The summed E-state index contributed by atoms with van der Waals surface area (Å²) in [6.45, 7) is 11.0. The van der Waals surface area contributed by atoms with Crippen molar-refractivity contribution in [2.24, 2.45) is 0 Å². The molecule has 2 fully saturated rings. The van der Waals surface area contributed by atoms with Gasteiger partial charge >= 0.3 is 0 Å². The summed E-state index contributed by atoms with van der Waals surface area (Å²) in [5.74, 6) is 0.175. The Bertz CT molecular complexity index is 1180. The van der Waals surface area contributed by atoms with E-state index in [1.54, 1.807) is 0 Å². The van der Waals surface area contributed by atoms with E-state index in [2.05, 4.69) is 122 Å². The number of amides is 1. The highest BCUT2D eigenvalue weighted by Gasteiger charge is 2.55. The van der Waals surface area contributed by atoms with Crippen LogP contribution in [0.4, 0.5) is 0 Å². The summed E-state index contributed by atoms with van der Waals surface area (Å²) in [6, 6.07) is 30.9. The van der Waals surface area contributed by atoms with Crippen LogP contribution in [0.2, 0.25) is 0 Å². The molecule has 3 aromatic rings. The lowest BCUT2D eigenvalue weighted by Crippen LogP contribution is -2.68. The molecule has 0 bridgehead atoms. The number of nitrogens with zero attached hydrogens (tertiary/aromatic N) is 2. The van der Waals surface area contributed by atoms with Crippen molar-refractivity contribution >= 4 is 5.91 Å². The number of fused-ring (bicyclic) bond motifs is 1. The van der Waals surface area contributed by atoms with Gasteiger partial charge in [0, 0.05) is 31.2 Å². The molecule has 0 saturated carbocycles. The van der Waals surface area contributed by atoms with Crippen molar-refractivity contribution in [3.8, 4) is 11.1 Å². The normalized spacial score (nSPS) is 24.0. The molecule has 0 radical (unpaired) electrons. The molecule has 2 aliphatic rings. The Kier molecular flexibility index (Phi) is 8.01. The lowest BCUT2D eigenvalue weighted by Gasteiger charge is -2.55. The van der Waals surface area contributed by atoms with Crippen LogP contribution in [0.15, 0.2) is 84.9 Å². The number of hydrogen-bond acceptors (Lipinski definition) is 3. The van der Waals surface area contributed by atoms with Gasteiger partial charge in [0.2, 0.25) is 5.91 Å². The van der Waals surface area contributed by atoms with Crippen molar-refractivity contribution in [1.29, 1.82) is 0 Å². The van der Waals surface area contributed by atoms with Crippen LogP contribution in [-0.4, -0.2) is 46.9 Å². The number of nitrogens with one attached hydrogen (secondary N) is 1. The molecule has 3 unspecified atom stereocenters. The van der Waals surface area contributed by atoms with Gasteiger partial charge in [0.05, 0.1) is 5.41 Å². The average molecular weight is 510 g/mol. The van der Waals surface area contributed by atoms with Crippen molar-refractivity contribution in [2.75, 3.05) is 13.1 Å². The standard InChI is InChI=1S/C34H43N3O/c1-25(2)36(26(3)4)24-22-34(30-20-18-28(19-21-30)27-13-7-5-8-14-27)31-17-11-12-23-37(31)32(35-33(34)38)29-15-9-6-10-16-29/h5-10,13-16,18-21,25-26,31-32H,11-12,17,22-24H2,1-4H3,(H,35,38). The molecule has 2 saturated heterocycles. The number of hydrogen-bond donors (Lipinski definition) is 1. The molecular weight excluding hydrogens is 466 g/mol. The monoisotopic (exact) mass is 509 g/mol. The molecule has 2 heterocycles. The van der Waals surface area contributed by atoms with Crippen LogP contribution in [-0.2, 0) is 10.2 Å². The lowest BCUT2D eigenvalue weighted by atomic mass is 9.65. The van der Waals surface area contributed by atoms with E-state index in [0.717, 1.165) is 37.9 Å². The summed E-state index contributed by atoms with van der Waals surface area (Å²) in [7, 11) is 0. The van der Waals surface area contributed by atoms with Crippen LogP contribution in [0.25, 0.3) is 11.1 Å². The maximum absolute atomic E-state index is 14.5. The highest BCUT2D eigenvalue weighted by atomic mass is 16.2. The van der Waals surface area contributed by atoms with E-state index in [1.807, 2.05) is 6.07 Å². The van der Waals surface area contributed by atoms with Gasteiger partial charge in [-0.2, -0.15) is 0 Å².